The third-order valence-electron chi connectivity index (χ3n) is 4.81. The highest BCUT2D eigenvalue weighted by atomic mass is 19.4. The van der Waals surface area contributed by atoms with E-state index >= 15 is 0 Å². The van der Waals surface area contributed by atoms with E-state index in [9.17, 15) is 18.0 Å². The smallest absolute Gasteiger partial charge is 0.354 e. The van der Waals surface area contributed by atoms with Crippen LogP contribution in [0, 0.1) is 5.92 Å². The molecule has 0 bridgehead atoms. The van der Waals surface area contributed by atoms with Gasteiger partial charge >= 0.3 is 6.18 Å². The first-order valence-electron chi connectivity index (χ1n) is 8.70. The van der Waals surface area contributed by atoms with Crippen molar-refractivity contribution in [3.8, 4) is 0 Å². The van der Waals surface area contributed by atoms with E-state index in [1.165, 1.54) is 0 Å². The monoisotopic (exact) mass is 377 g/mol. The standard InChI is InChI=1S/C18H18F3N5O/c19-18(20,21)15-10-25-9-12(5-6-16(25)24-15)7-22-17(27)11-26-14-4-2-1-3-13(14)8-23-26/h1-4,8,10,12H,5-7,9,11H2,(H,22,27). The molecule has 0 spiro atoms. The third-order valence-corrected chi connectivity index (χ3v) is 4.81. The van der Waals surface area contributed by atoms with E-state index in [2.05, 4.69) is 15.4 Å². The molecule has 1 aliphatic rings. The number of alkyl halides is 3. The Balaban J connectivity index is 1.34. The Morgan fingerprint density at radius 1 is 1.30 bits per heavy atom. The van der Waals surface area contributed by atoms with Crippen molar-refractivity contribution in [2.24, 2.45) is 5.92 Å². The average Bonchev–Trinajstić information content (AvgIpc) is 3.24. The van der Waals surface area contributed by atoms with Crippen molar-refractivity contribution in [1.29, 1.82) is 0 Å². The lowest BCUT2D eigenvalue weighted by molar-refractivity contribution is -0.141. The van der Waals surface area contributed by atoms with Crippen molar-refractivity contribution in [3.63, 3.8) is 0 Å². The van der Waals surface area contributed by atoms with Crippen molar-refractivity contribution in [1.82, 2.24) is 24.6 Å². The molecule has 1 N–H and O–H groups in total. The number of aryl methyl sites for hydroxylation is 1. The normalized spacial score (nSPS) is 17.1. The number of rotatable bonds is 4. The summed E-state index contributed by atoms with van der Waals surface area (Å²) in [6.07, 6.45) is -0.498. The molecule has 27 heavy (non-hydrogen) atoms. The molecule has 1 aromatic carbocycles. The van der Waals surface area contributed by atoms with Gasteiger partial charge in [0.25, 0.3) is 0 Å². The van der Waals surface area contributed by atoms with Crippen LogP contribution in [-0.4, -0.2) is 31.8 Å². The van der Waals surface area contributed by atoms with Gasteiger partial charge < -0.3 is 9.88 Å². The number of para-hydroxylation sites is 1. The summed E-state index contributed by atoms with van der Waals surface area (Å²) in [5.41, 5.74) is 0.0285. The molecule has 6 nitrogen and oxygen atoms in total. The van der Waals surface area contributed by atoms with Crippen LogP contribution in [0.3, 0.4) is 0 Å². The molecule has 4 rings (SSSR count). The lowest BCUT2D eigenvalue weighted by Gasteiger charge is -2.23. The van der Waals surface area contributed by atoms with E-state index in [1.807, 2.05) is 24.3 Å². The molecular formula is C18H18F3N5O. The predicted octanol–water partition coefficient (Wildman–Crippen LogP) is 2.63. The van der Waals surface area contributed by atoms with Crippen molar-refractivity contribution < 1.29 is 18.0 Å². The van der Waals surface area contributed by atoms with Gasteiger partial charge in [-0.1, -0.05) is 18.2 Å². The molecule has 1 unspecified atom stereocenters. The maximum Gasteiger partial charge on any atom is 0.434 e. The maximum atomic E-state index is 12.8. The van der Waals surface area contributed by atoms with E-state index in [4.69, 9.17) is 0 Å². The van der Waals surface area contributed by atoms with E-state index in [0.717, 1.165) is 17.1 Å². The largest absolute Gasteiger partial charge is 0.434 e. The molecule has 1 atom stereocenters. The van der Waals surface area contributed by atoms with Crippen LogP contribution >= 0.6 is 0 Å². The number of aromatic nitrogens is 4. The second-order valence-electron chi connectivity index (χ2n) is 6.76. The van der Waals surface area contributed by atoms with E-state index in [-0.39, 0.29) is 18.4 Å². The van der Waals surface area contributed by atoms with Crippen LogP contribution in [0.5, 0.6) is 0 Å². The summed E-state index contributed by atoms with van der Waals surface area (Å²) in [6, 6.07) is 7.62. The van der Waals surface area contributed by atoms with Crippen molar-refractivity contribution >= 4 is 16.8 Å². The number of carbonyl (C=O) groups is 1. The van der Waals surface area contributed by atoms with Crippen LogP contribution in [0.15, 0.2) is 36.7 Å². The zero-order valence-corrected chi connectivity index (χ0v) is 14.4. The van der Waals surface area contributed by atoms with Gasteiger partial charge in [0.05, 0.1) is 11.7 Å². The molecule has 1 amide bonds. The molecule has 0 fully saturated rings. The van der Waals surface area contributed by atoms with Gasteiger partial charge in [0.15, 0.2) is 5.69 Å². The van der Waals surface area contributed by atoms with Crippen LogP contribution in [0.2, 0.25) is 0 Å². The average molecular weight is 377 g/mol. The summed E-state index contributed by atoms with van der Waals surface area (Å²) in [7, 11) is 0. The summed E-state index contributed by atoms with van der Waals surface area (Å²) in [6.45, 7) is 0.940. The Morgan fingerprint density at radius 3 is 2.93 bits per heavy atom. The quantitative estimate of drug-likeness (QED) is 0.760. The number of nitrogens with one attached hydrogen (secondary N) is 1. The molecule has 3 heterocycles. The van der Waals surface area contributed by atoms with Gasteiger partial charge in [-0.15, -0.1) is 0 Å². The second kappa shape index (κ2) is 6.71. The number of benzene rings is 1. The molecule has 0 aliphatic carbocycles. The number of halogens is 3. The van der Waals surface area contributed by atoms with Gasteiger partial charge in [-0.25, -0.2) is 4.98 Å². The fourth-order valence-electron chi connectivity index (χ4n) is 3.42. The van der Waals surface area contributed by atoms with Gasteiger partial charge in [-0.2, -0.15) is 18.3 Å². The molecule has 2 aromatic heterocycles. The van der Waals surface area contributed by atoms with E-state index in [0.29, 0.717) is 31.8 Å². The lowest BCUT2D eigenvalue weighted by Crippen LogP contribution is -2.35. The minimum absolute atomic E-state index is 0.0751. The van der Waals surface area contributed by atoms with Gasteiger partial charge in [-0.05, 0) is 18.4 Å². The first-order valence-corrected chi connectivity index (χ1v) is 8.70. The molecule has 1 aliphatic heterocycles. The van der Waals surface area contributed by atoms with Gasteiger partial charge in [0.1, 0.15) is 12.4 Å². The lowest BCUT2D eigenvalue weighted by atomic mass is 9.99. The Bertz CT molecular complexity index is 975. The number of carbonyl (C=O) groups excluding carboxylic acids is 1. The highest BCUT2D eigenvalue weighted by Crippen LogP contribution is 2.30. The van der Waals surface area contributed by atoms with E-state index < -0.39 is 11.9 Å². The molecule has 9 heteroatoms. The Hall–Kier alpha value is -2.84. The first kappa shape index (κ1) is 17.6. The summed E-state index contributed by atoms with van der Waals surface area (Å²) >= 11 is 0. The third kappa shape index (κ3) is 3.67. The zero-order chi connectivity index (χ0) is 19.0. The maximum absolute atomic E-state index is 12.8. The molecule has 0 saturated heterocycles. The van der Waals surface area contributed by atoms with Gasteiger partial charge in [0, 0.05) is 31.1 Å². The summed E-state index contributed by atoms with van der Waals surface area (Å²) in [5.74, 6) is 0.357. The number of imidazole rings is 1. The number of nitrogens with zero attached hydrogens (tertiary/aromatic N) is 4. The number of hydrogen-bond acceptors (Lipinski definition) is 3. The molecular weight excluding hydrogens is 359 g/mol. The molecule has 0 saturated carbocycles. The fraction of sp³-hybridized carbons (Fsp3) is 0.389. The van der Waals surface area contributed by atoms with Crippen LogP contribution in [-0.2, 0) is 30.5 Å². The van der Waals surface area contributed by atoms with Crippen LogP contribution in [0.1, 0.15) is 17.9 Å². The Kier molecular flexibility index (Phi) is 4.37. The number of hydrogen-bond donors (Lipinski definition) is 1. The number of fused-ring (bicyclic) bond motifs is 2. The minimum atomic E-state index is -4.43. The van der Waals surface area contributed by atoms with Crippen LogP contribution in [0.25, 0.3) is 10.9 Å². The van der Waals surface area contributed by atoms with Gasteiger partial charge in [0.2, 0.25) is 5.91 Å². The molecule has 142 valence electrons. The second-order valence-corrected chi connectivity index (χ2v) is 6.76. The minimum Gasteiger partial charge on any atom is -0.354 e. The predicted molar refractivity (Wildman–Crippen MR) is 91.8 cm³/mol. The Morgan fingerprint density at radius 2 is 2.11 bits per heavy atom. The summed E-state index contributed by atoms with van der Waals surface area (Å²) < 4.78 is 41.5. The van der Waals surface area contributed by atoms with Crippen molar-refractivity contribution in [2.75, 3.05) is 6.54 Å². The first-order chi connectivity index (χ1) is 12.9. The van der Waals surface area contributed by atoms with Crippen molar-refractivity contribution in [3.05, 3.63) is 48.2 Å². The van der Waals surface area contributed by atoms with Crippen LogP contribution < -0.4 is 5.32 Å². The highest BCUT2D eigenvalue weighted by molar-refractivity contribution is 5.81. The van der Waals surface area contributed by atoms with Crippen molar-refractivity contribution in [2.45, 2.75) is 32.1 Å². The highest BCUT2D eigenvalue weighted by Gasteiger charge is 2.35. The van der Waals surface area contributed by atoms with Gasteiger partial charge in [-0.3, -0.25) is 9.48 Å². The van der Waals surface area contributed by atoms with E-state index in [1.54, 1.807) is 15.4 Å². The summed E-state index contributed by atoms with van der Waals surface area (Å²) in [5, 5.41) is 8.05. The van der Waals surface area contributed by atoms with Crippen LogP contribution in [0.4, 0.5) is 13.2 Å². The molecule has 3 aromatic rings. The number of amides is 1. The zero-order valence-electron chi connectivity index (χ0n) is 14.4. The fourth-order valence-corrected chi connectivity index (χ4v) is 3.42. The summed E-state index contributed by atoms with van der Waals surface area (Å²) in [4.78, 5) is 15.9. The SMILES string of the molecule is O=C(Cn1ncc2ccccc21)NCC1CCc2nc(C(F)(F)F)cn2C1. The Labute approximate surface area is 153 Å². The molecule has 0 radical (unpaired) electrons. The topological polar surface area (TPSA) is 64.7 Å².